The zero-order valence-corrected chi connectivity index (χ0v) is 12.3. The van der Waals surface area contributed by atoms with Crippen LogP contribution in [0.1, 0.15) is 32.3 Å². The molecule has 106 valence electrons. The molecule has 1 aromatic carbocycles. The minimum Gasteiger partial charge on any atom is -0.496 e. The van der Waals surface area contributed by atoms with E-state index in [0.717, 1.165) is 25.3 Å². The van der Waals surface area contributed by atoms with Gasteiger partial charge in [0.15, 0.2) is 0 Å². The Kier molecular flexibility index (Phi) is 4.83. The van der Waals surface area contributed by atoms with Crippen LogP contribution in [0.5, 0.6) is 5.75 Å². The SMILES string of the molecule is COc1ccccc1CCNC1CCNC(C)(C)C1. The lowest BCUT2D eigenvalue weighted by Crippen LogP contribution is -2.52. The first kappa shape index (κ1) is 14.4. The molecule has 0 aromatic heterocycles. The molecule has 1 saturated heterocycles. The summed E-state index contributed by atoms with van der Waals surface area (Å²) in [6, 6.07) is 8.90. The molecule has 0 bridgehead atoms. The largest absolute Gasteiger partial charge is 0.496 e. The van der Waals surface area contributed by atoms with Gasteiger partial charge in [-0.2, -0.15) is 0 Å². The Labute approximate surface area is 116 Å². The monoisotopic (exact) mass is 262 g/mol. The van der Waals surface area contributed by atoms with Crippen molar-refractivity contribution in [3.8, 4) is 5.75 Å². The molecule has 0 radical (unpaired) electrons. The molecule has 1 unspecified atom stereocenters. The molecule has 1 aliphatic rings. The first-order valence-corrected chi connectivity index (χ1v) is 7.21. The number of rotatable bonds is 5. The second-order valence-corrected chi connectivity index (χ2v) is 6.02. The van der Waals surface area contributed by atoms with E-state index in [1.807, 2.05) is 12.1 Å². The molecule has 2 N–H and O–H groups in total. The summed E-state index contributed by atoms with van der Waals surface area (Å²) in [6.45, 7) is 6.68. The summed E-state index contributed by atoms with van der Waals surface area (Å²) in [5.41, 5.74) is 1.55. The second-order valence-electron chi connectivity index (χ2n) is 6.02. The van der Waals surface area contributed by atoms with Crippen LogP contribution in [0.25, 0.3) is 0 Å². The molecule has 1 atom stereocenters. The Balaban J connectivity index is 1.80. The maximum Gasteiger partial charge on any atom is 0.122 e. The average Bonchev–Trinajstić information content (AvgIpc) is 2.38. The van der Waals surface area contributed by atoms with E-state index < -0.39 is 0 Å². The Morgan fingerprint density at radius 2 is 2.16 bits per heavy atom. The molecule has 0 amide bonds. The van der Waals surface area contributed by atoms with Gasteiger partial charge in [0.25, 0.3) is 0 Å². The van der Waals surface area contributed by atoms with Gasteiger partial charge in [-0.15, -0.1) is 0 Å². The Bertz CT molecular complexity index is 403. The fourth-order valence-electron chi connectivity index (χ4n) is 2.87. The summed E-state index contributed by atoms with van der Waals surface area (Å²) in [7, 11) is 1.74. The molecule has 0 spiro atoms. The molecule has 0 saturated carbocycles. The summed E-state index contributed by atoms with van der Waals surface area (Å²) in [4.78, 5) is 0. The van der Waals surface area contributed by atoms with Gasteiger partial charge in [0.2, 0.25) is 0 Å². The smallest absolute Gasteiger partial charge is 0.122 e. The zero-order valence-electron chi connectivity index (χ0n) is 12.3. The van der Waals surface area contributed by atoms with Gasteiger partial charge in [-0.3, -0.25) is 0 Å². The van der Waals surface area contributed by atoms with Crippen LogP contribution in [0.4, 0.5) is 0 Å². The van der Waals surface area contributed by atoms with E-state index in [4.69, 9.17) is 4.74 Å². The van der Waals surface area contributed by atoms with Crippen LogP contribution in [-0.4, -0.2) is 31.8 Å². The normalized spacial score (nSPS) is 22.2. The Morgan fingerprint density at radius 3 is 2.89 bits per heavy atom. The second kappa shape index (κ2) is 6.40. The molecule has 1 aliphatic heterocycles. The molecule has 3 heteroatoms. The van der Waals surface area contributed by atoms with Crippen LogP contribution in [0.3, 0.4) is 0 Å². The number of para-hydroxylation sites is 1. The topological polar surface area (TPSA) is 33.3 Å². The van der Waals surface area contributed by atoms with Crippen molar-refractivity contribution < 1.29 is 4.74 Å². The number of nitrogens with one attached hydrogen (secondary N) is 2. The molecule has 3 nitrogen and oxygen atoms in total. The van der Waals surface area contributed by atoms with Crippen LogP contribution in [-0.2, 0) is 6.42 Å². The molecule has 0 aliphatic carbocycles. The third-order valence-electron chi connectivity index (χ3n) is 3.87. The van der Waals surface area contributed by atoms with E-state index in [1.165, 1.54) is 18.4 Å². The van der Waals surface area contributed by atoms with Gasteiger partial charge in [0, 0.05) is 11.6 Å². The summed E-state index contributed by atoms with van der Waals surface area (Å²) in [5, 5.41) is 7.24. The van der Waals surface area contributed by atoms with Crippen LogP contribution >= 0.6 is 0 Å². The maximum atomic E-state index is 5.38. The molecule has 1 fully saturated rings. The number of methoxy groups -OCH3 is 1. The first-order valence-electron chi connectivity index (χ1n) is 7.21. The van der Waals surface area contributed by atoms with E-state index >= 15 is 0 Å². The van der Waals surface area contributed by atoms with Crippen LogP contribution in [0.2, 0.25) is 0 Å². The van der Waals surface area contributed by atoms with Gasteiger partial charge < -0.3 is 15.4 Å². The maximum absolute atomic E-state index is 5.38. The van der Waals surface area contributed by atoms with Gasteiger partial charge in [0.1, 0.15) is 5.75 Å². The van der Waals surface area contributed by atoms with Gasteiger partial charge in [-0.25, -0.2) is 0 Å². The van der Waals surface area contributed by atoms with Crippen molar-refractivity contribution >= 4 is 0 Å². The van der Waals surface area contributed by atoms with E-state index in [9.17, 15) is 0 Å². The van der Waals surface area contributed by atoms with Gasteiger partial charge in [-0.1, -0.05) is 18.2 Å². The molecule has 1 heterocycles. The van der Waals surface area contributed by atoms with Crippen molar-refractivity contribution in [2.45, 2.75) is 44.7 Å². The number of hydrogen-bond acceptors (Lipinski definition) is 3. The highest BCUT2D eigenvalue weighted by atomic mass is 16.5. The van der Waals surface area contributed by atoms with E-state index in [0.29, 0.717) is 6.04 Å². The summed E-state index contributed by atoms with van der Waals surface area (Å²) >= 11 is 0. The fourth-order valence-corrected chi connectivity index (χ4v) is 2.87. The Hall–Kier alpha value is -1.06. The predicted molar refractivity (Wildman–Crippen MR) is 79.8 cm³/mol. The third kappa shape index (κ3) is 4.22. The van der Waals surface area contributed by atoms with E-state index in [-0.39, 0.29) is 5.54 Å². The minimum atomic E-state index is 0.264. The Morgan fingerprint density at radius 1 is 1.37 bits per heavy atom. The van der Waals surface area contributed by atoms with Crippen molar-refractivity contribution in [2.24, 2.45) is 0 Å². The van der Waals surface area contributed by atoms with Crippen molar-refractivity contribution in [1.29, 1.82) is 0 Å². The first-order chi connectivity index (χ1) is 9.11. The summed E-state index contributed by atoms with van der Waals surface area (Å²) in [5.74, 6) is 0.995. The predicted octanol–water partition coefficient (Wildman–Crippen LogP) is 2.36. The lowest BCUT2D eigenvalue weighted by Gasteiger charge is -2.37. The lowest BCUT2D eigenvalue weighted by molar-refractivity contribution is 0.249. The highest BCUT2D eigenvalue weighted by Gasteiger charge is 2.26. The highest BCUT2D eigenvalue weighted by molar-refractivity contribution is 5.33. The number of ether oxygens (including phenoxy) is 1. The molecule has 1 aromatic rings. The van der Waals surface area contributed by atoms with Gasteiger partial charge in [0.05, 0.1) is 7.11 Å². The molecular weight excluding hydrogens is 236 g/mol. The number of hydrogen-bond donors (Lipinski definition) is 2. The van der Waals surface area contributed by atoms with Crippen LogP contribution < -0.4 is 15.4 Å². The zero-order chi connectivity index (χ0) is 13.7. The van der Waals surface area contributed by atoms with Crippen molar-refractivity contribution in [3.63, 3.8) is 0 Å². The molecule has 2 rings (SSSR count). The number of piperidine rings is 1. The van der Waals surface area contributed by atoms with E-state index in [2.05, 4.69) is 36.6 Å². The minimum absolute atomic E-state index is 0.264. The highest BCUT2D eigenvalue weighted by Crippen LogP contribution is 2.19. The average molecular weight is 262 g/mol. The van der Waals surface area contributed by atoms with Gasteiger partial charge >= 0.3 is 0 Å². The summed E-state index contributed by atoms with van der Waals surface area (Å²) in [6.07, 6.45) is 3.43. The quantitative estimate of drug-likeness (QED) is 0.854. The van der Waals surface area contributed by atoms with Crippen molar-refractivity contribution in [2.75, 3.05) is 20.2 Å². The number of benzene rings is 1. The third-order valence-corrected chi connectivity index (χ3v) is 3.87. The summed E-state index contributed by atoms with van der Waals surface area (Å²) < 4.78 is 5.38. The van der Waals surface area contributed by atoms with Crippen LogP contribution in [0.15, 0.2) is 24.3 Å². The standard InChI is InChI=1S/C16H26N2O/c1-16(2)12-14(9-11-18-16)17-10-8-13-6-4-5-7-15(13)19-3/h4-7,14,17-18H,8-12H2,1-3H3. The van der Waals surface area contributed by atoms with Crippen LogP contribution in [0, 0.1) is 0 Å². The van der Waals surface area contributed by atoms with E-state index in [1.54, 1.807) is 7.11 Å². The lowest BCUT2D eigenvalue weighted by atomic mass is 9.89. The van der Waals surface area contributed by atoms with Gasteiger partial charge in [-0.05, 0) is 57.8 Å². The fraction of sp³-hybridized carbons (Fsp3) is 0.625. The van der Waals surface area contributed by atoms with Crippen molar-refractivity contribution in [1.82, 2.24) is 10.6 Å². The van der Waals surface area contributed by atoms with Crippen molar-refractivity contribution in [3.05, 3.63) is 29.8 Å². The molecular formula is C16H26N2O. The molecule has 19 heavy (non-hydrogen) atoms.